The van der Waals surface area contributed by atoms with Crippen LogP contribution in [0.2, 0.25) is 0 Å². The highest BCUT2D eigenvalue weighted by atomic mass is 16.8. The molecule has 20 heavy (non-hydrogen) atoms. The lowest BCUT2D eigenvalue weighted by Gasteiger charge is -2.31. The van der Waals surface area contributed by atoms with Crippen LogP contribution in [-0.4, -0.2) is 43.1 Å². The molecule has 1 spiro atoms. The third-order valence-corrected chi connectivity index (χ3v) is 3.61. The largest absolute Gasteiger partial charge is 0.464 e. The van der Waals surface area contributed by atoms with Crippen molar-refractivity contribution in [1.82, 2.24) is 0 Å². The van der Waals surface area contributed by atoms with Crippen LogP contribution in [-0.2, 0) is 28.5 Å². The minimum atomic E-state index is -1.02. The van der Waals surface area contributed by atoms with E-state index in [4.69, 9.17) is 18.9 Å². The van der Waals surface area contributed by atoms with E-state index in [1.165, 1.54) is 0 Å². The van der Waals surface area contributed by atoms with Gasteiger partial charge in [-0.15, -0.1) is 0 Å². The van der Waals surface area contributed by atoms with Crippen molar-refractivity contribution in [3.63, 3.8) is 0 Å². The van der Waals surface area contributed by atoms with Crippen LogP contribution in [0.1, 0.15) is 46.0 Å². The van der Waals surface area contributed by atoms with Crippen LogP contribution >= 0.6 is 0 Å². The van der Waals surface area contributed by atoms with Gasteiger partial charge in [0.25, 0.3) is 0 Å². The molecule has 1 aliphatic heterocycles. The predicted octanol–water partition coefficient (Wildman–Crippen LogP) is 1.56. The highest BCUT2D eigenvalue weighted by Crippen LogP contribution is 2.41. The van der Waals surface area contributed by atoms with Gasteiger partial charge in [-0.3, -0.25) is 0 Å². The zero-order valence-electron chi connectivity index (χ0n) is 12.1. The van der Waals surface area contributed by atoms with Gasteiger partial charge in [-0.2, -0.15) is 0 Å². The molecule has 1 heterocycles. The van der Waals surface area contributed by atoms with Crippen molar-refractivity contribution in [1.29, 1.82) is 0 Å². The third-order valence-electron chi connectivity index (χ3n) is 3.61. The number of carbonyl (C=O) groups excluding carboxylic acids is 2. The van der Waals surface area contributed by atoms with Gasteiger partial charge in [0.15, 0.2) is 18.0 Å². The van der Waals surface area contributed by atoms with Crippen molar-refractivity contribution in [2.75, 3.05) is 13.2 Å². The first-order chi connectivity index (χ1) is 9.62. The fourth-order valence-electron chi connectivity index (χ4n) is 2.73. The monoisotopic (exact) mass is 286 g/mol. The number of hydrogen-bond acceptors (Lipinski definition) is 6. The SMILES string of the molecule is CCOC(=O)C1OC2(CCCCC2)OC1C(=O)OCC. The Labute approximate surface area is 118 Å². The number of rotatable bonds is 4. The lowest BCUT2D eigenvalue weighted by atomic mass is 9.94. The van der Waals surface area contributed by atoms with E-state index in [1.54, 1.807) is 13.8 Å². The molecule has 0 aromatic rings. The first-order valence-electron chi connectivity index (χ1n) is 7.31. The van der Waals surface area contributed by atoms with Crippen LogP contribution in [0.4, 0.5) is 0 Å². The zero-order valence-corrected chi connectivity index (χ0v) is 12.1. The molecule has 114 valence electrons. The van der Waals surface area contributed by atoms with Gasteiger partial charge in [-0.1, -0.05) is 6.42 Å². The summed E-state index contributed by atoms with van der Waals surface area (Å²) in [5.41, 5.74) is 0. The molecule has 2 atom stereocenters. The van der Waals surface area contributed by atoms with Gasteiger partial charge in [0.2, 0.25) is 0 Å². The minimum Gasteiger partial charge on any atom is -0.464 e. The number of hydrogen-bond donors (Lipinski definition) is 0. The molecule has 1 aliphatic carbocycles. The van der Waals surface area contributed by atoms with Gasteiger partial charge in [0.05, 0.1) is 13.2 Å². The summed E-state index contributed by atoms with van der Waals surface area (Å²) in [6, 6.07) is 0. The second-order valence-corrected chi connectivity index (χ2v) is 5.05. The molecule has 0 bridgehead atoms. The number of carbonyl (C=O) groups is 2. The Kier molecular flexibility index (Phi) is 4.99. The lowest BCUT2D eigenvalue weighted by Crippen LogP contribution is -2.39. The number of ether oxygens (including phenoxy) is 4. The molecule has 0 amide bonds. The Hall–Kier alpha value is -1.14. The zero-order chi connectivity index (χ0) is 14.6. The highest BCUT2D eigenvalue weighted by Gasteiger charge is 2.54. The first-order valence-corrected chi connectivity index (χ1v) is 7.31. The highest BCUT2D eigenvalue weighted by molar-refractivity contribution is 5.86. The van der Waals surface area contributed by atoms with E-state index in [0.717, 1.165) is 19.3 Å². The summed E-state index contributed by atoms with van der Waals surface area (Å²) in [6.45, 7) is 3.90. The Morgan fingerprint density at radius 3 is 1.80 bits per heavy atom. The van der Waals surface area contributed by atoms with Crippen molar-refractivity contribution in [3.8, 4) is 0 Å². The Morgan fingerprint density at radius 2 is 1.40 bits per heavy atom. The van der Waals surface area contributed by atoms with Crippen LogP contribution in [0.25, 0.3) is 0 Å². The maximum atomic E-state index is 12.0. The van der Waals surface area contributed by atoms with Gasteiger partial charge >= 0.3 is 11.9 Å². The number of esters is 2. The molecule has 2 fully saturated rings. The molecule has 0 aromatic carbocycles. The first kappa shape index (κ1) is 15.3. The summed E-state index contributed by atoms with van der Waals surface area (Å²) >= 11 is 0. The van der Waals surface area contributed by atoms with Gasteiger partial charge < -0.3 is 18.9 Å². The molecular formula is C14H22O6. The summed E-state index contributed by atoms with van der Waals surface area (Å²) < 4.78 is 21.5. The van der Waals surface area contributed by atoms with Crippen molar-refractivity contribution in [3.05, 3.63) is 0 Å². The average Bonchev–Trinajstić information content (AvgIpc) is 2.80. The van der Waals surface area contributed by atoms with E-state index < -0.39 is 29.9 Å². The maximum absolute atomic E-state index is 12.0. The summed E-state index contributed by atoms with van der Waals surface area (Å²) in [6.07, 6.45) is 2.38. The normalized spacial score (nSPS) is 28.3. The molecule has 2 aliphatic rings. The predicted molar refractivity (Wildman–Crippen MR) is 68.8 cm³/mol. The van der Waals surface area contributed by atoms with Crippen LogP contribution in [0, 0.1) is 0 Å². The molecule has 6 nitrogen and oxygen atoms in total. The van der Waals surface area contributed by atoms with Gasteiger partial charge in [0, 0.05) is 12.8 Å². The van der Waals surface area contributed by atoms with Crippen LogP contribution in [0.5, 0.6) is 0 Å². The lowest BCUT2D eigenvalue weighted by molar-refractivity contribution is -0.203. The smallest absolute Gasteiger partial charge is 0.338 e. The molecule has 0 radical (unpaired) electrons. The Balaban J connectivity index is 2.13. The van der Waals surface area contributed by atoms with Gasteiger partial charge in [-0.25, -0.2) is 9.59 Å². The van der Waals surface area contributed by atoms with Crippen molar-refractivity contribution in [2.45, 2.75) is 63.9 Å². The van der Waals surface area contributed by atoms with E-state index in [9.17, 15) is 9.59 Å². The molecule has 2 unspecified atom stereocenters. The van der Waals surface area contributed by atoms with Crippen LogP contribution < -0.4 is 0 Å². The summed E-state index contributed by atoms with van der Waals surface area (Å²) in [4.78, 5) is 23.9. The molecule has 0 N–H and O–H groups in total. The minimum absolute atomic E-state index is 0.237. The average molecular weight is 286 g/mol. The molecule has 1 saturated heterocycles. The molecule has 6 heteroatoms. The van der Waals surface area contributed by atoms with Crippen LogP contribution in [0.15, 0.2) is 0 Å². The standard InChI is InChI=1S/C14H22O6/c1-3-17-12(15)10-11(13(16)18-4-2)20-14(19-10)8-6-5-7-9-14/h10-11H,3-9H2,1-2H3. The maximum Gasteiger partial charge on any atom is 0.338 e. The topological polar surface area (TPSA) is 71.1 Å². The van der Waals surface area contributed by atoms with E-state index in [2.05, 4.69) is 0 Å². The Morgan fingerprint density at radius 1 is 0.950 bits per heavy atom. The van der Waals surface area contributed by atoms with Gasteiger partial charge in [0.1, 0.15) is 0 Å². The third kappa shape index (κ3) is 3.12. The molecular weight excluding hydrogens is 264 g/mol. The fourth-order valence-corrected chi connectivity index (χ4v) is 2.73. The van der Waals surface area contributed by atoms with E-state index in [1.807, 2.05) is 0 Å². The summed E-state index contributed by atoms with van der Waals surface area (Å²) in [7, 11) is 0. The van der Waals surface area contributed by atoms with Gasteiger partial charge in [-0.05, 0) is 26.7 Å². The van der Waals surface area contributed by atoms with Crippen molar-refractivity contribution < 1.29 is 28.5 Å². The summed E-state index contributed by atoms with van der Waals surface area (Å²) in [5.74, 6) is -1.95. The molecule has 0 aromatic heterocycles. The molecule has 1 saturated carbocycles. The van der Waals surface area contributed by atoms with Crippen LogP contribution in [0.3, 0.4) is 0 Å². The van der Waals surface area contributed by atoms with Crippen molar-refractivity contribution in [2.24, 2.45) is 0 Å². The second kappa shape index (κ2) is 6.54. The van der Waals surface area contributed by atoms with E-state index in [-0.39, 0.29) is 13.2 Å². The molecule has 2 rings (SSSR count). The van der Waals surface area contributed by atoms with E-state index in [0.29, 0.717) is 12.8 Å². The van der Waals surface area contributed by atoms with E-state index >= 15 is 0 Å². The second-order valence-electron chi connectivity index (χ2n) is 5.05. The Bertz CT molecular complexity index is 333. The summed E-state index contributed by atoms with van der Waals surface area (Å²) in [5, 5.41) is 0. The fraction of sp³-hybridized carbons (Fsp3) is 0.857. The van der Waals surface area contributed by atoms with Crippen molar-refractivity contribution >= 4 is 11.9 Å². The quantitative estimate of drug-likeness (QED) is 0.730.